The van der Waals surface area contributed by atoms with Gasteiger partial charge in [-0.3, -0.25) is 4.79 Å². The van der Waals surface area contributed by atoms with Gasteiger partial charge in [0.15, 0.2) is 0 Å². The second kappa shape index (κ2) is 6.82. The van der Waals surface area contributed by atoms with Gasteiger partial charge in [-0.15, -0.1) is 0 Å². The van der Waals surface area contributed by atoms with Gasteiger partial charge >= 0.3 is 0 Å². The number of β-amino-alcohol motifs (C(OH)–C–C–N with tert-alkyl or cyclic N) is 1. The van der Waals surface area contributed by atoms with Gasteiger partial charge in [-0.2, -0.15) is 0 Å². The summed E-state index contributed by atoms with van der Waals surface area (Å²) in [5.41, 5.74) is 0. The first-order valence-electron chi connectivity index (χ1n) is 7.07. The fourth-order valence-electron chi connectivity index (χ4n) is 2.64. The number of rotatable bonds is 5. The molecule has 0 spiro atoms. The van der Waals surface area contributed by atoms with Gasteiger partial charge < -0.3 is 19.8 Å². The molecule has 1 N–H and O–H groups in total. The van der Waals surface area contributed by atoms with Gasteiger partial charge in [0.1, 0.15) is 0 Å². The first-order valence-corrected chi connectivity index (χ1v) is 7.07. The highest BCUT2D eigenvalue weighted by molar-refractivity contribution is 5.81. The predicted octanol–water partition coefficient (Wildman–Crippen LogP) is -0.564. The summed E-state index contributed by atoms with van der Waals surface area (Å²) < 4.78 is 0. The van der Waals surface area contributed by atoms with Crippen molar-refractivity contribution in [2.24, 2.45) is 0 Å². The van der Waals surface area contributed by atoms with E-state index in [1.165, 1.54) is 0 Å². The Morgan fingerprint density at radius 3 is 2.67 bits per heavy atom. The lowest BCUT2D eigenvalue weighted by Crippen LogP contribution is -2.45. The number of amides is 1. The van der Waals surface area contributed by atoms with Crippen molar-refractivity contribution in [3.63, 3.8) is 0 Å². The van der Waals surface area contributed by atoms with Crippen molar-refractivity contribution in [3.8, 4) is 0 Å². The molecule has 2 atom stereocenters. The number of likely N-dealkylation sites (N-methyl/N-ethyl adjacent to an activating group) is 2. The summed E-state index contributed by atoms with van der Waals surface area (Å²) in [6, 6.07) is 1.80. The van der Waals surface area contributed by atoms with E-state index in [0.29, 0.717) is 18.9 Å². The third-order valence-corrected chi connectivity index (χ3v) is 3.55. The van der Waals surface area contributed by atoms with E-state index in [-0.39, 0.29) is 18.5 Å². The number of carbonyl (C=O) groups excluding carboxylic acids is 1. The highest BCUT2D eigenvalue weighted by Crippen LogP contribution is 2.19. The summed E-state index contributed by atoms with van der Waals surface area (Å²) in [7, 11) is 5.73. The zero-order valence-corrected chi connectivity index (χ0v) is 12.8. The number of carbonyl (C=O) groups is 1. The summed E-state index contributed by atoms with van der Waals surface area (Å²) in [5.74, 6) is 0.517. The van der Waals surface area contributed by atoms with Crippen molar-refractivity contribution in [1.29, 1.82) is 0 Å². The molecule has 1 aliphatic rings. The Morgan fingerprint density at radius 1 is 1.38 bits per heavy atom. The van der Waals surface area contributed by atoms with Crippen LogP contribution < -0.4 is 4.90 Å². The predicted molar refractivity (Wildman–Crippen MR) is 80.0 cm³/mol. The number of hydrogen-bond donors (Lipinski definition) is 1. The van der Waals surface area contributed by atoms with Crippen LogP contribution in [0.25, 0.3) is 0 Å². The largest absolute Gasteiger partial charge is 0.391 e. The van der Waals surface area contributed by atoms with E-state index < -0.39 is 6.10 Å². The Kier molecular flexibility index (Phi) is 5.08. The Morgan fingerprint density at radius 2 is 2.05 bits per heavy atom. The van der Waals surface area contributed by atoms with Crippen molar-refractivity contribution in [2.75, 3.05) is 45.7 Å². The number of anilines is 1. The van der Waals surface area contributed by atoms with Crippen LogP contribution >= 0.6 is 0 Å². The van der Waals surface area contributed by atoms with Gasteiger partial charge in [-0.1, -0.05) is 0 Å². The molecule has 1 fully saturated rings. The van der Waals surface area contributed by atoms with E-state index in [4.69, 9.17) is 0 Å². The van der Waals surface area contributed by atoms with Gasteiger partial charge in [0.2, 0.25) is 11.9 Å². The van der Waals surface area contributed by atoms with E-state index in [1.54, 1.807) is 35.3 Å². The summed E-state index contributed by atoms with van der Waals surface area (Å²) in [6.45, 7) is 1.37. The molecule has 2 heterocycles. The van der Waals surface area contributed by atoms with Crippen LogP contribution in [-0.4, -0.2) is 83.7 Å². The Hall–Kier alpha value is -1.73. The Bertz CT molecular complexity index is 468. The summed E-state index contributed by atoms with van der Waals surface area (Å²) in [4.78, 5) is 26.2. The molecule has 1 saturated heterocycles. The number of aliphatic hydroxyl groups is 1. The molecule has 0 aliphatic carbocycles. The van der Waals surface area contributed by atoms with E-state index in [0.717, 1.165) is 6.54 Å². The molecule has 2 unspecified atom stereocenters. The zero-order valence-electron chi connectivity index (χ0n) is 12.8. The number of hydrogen-bond acceptors (Lipinski definition) is 6. The van der Waals surface area contributed by atoms with Crippen LogP contribution in [0.5, 0.6) is 0 Å². The van der Waals surface area contributed by atoms with Crippen molar-refractivity contribution < 1.29 is 9.90 Å². The van der Waals surface area contributed by atoms with Crippen LogP contribution in [0, 0.1) is 0 Å². The normalized spacial score (nSPS) is 21.9. The zero-order chi connectivity index (χ0) is 15.4. The molecule has 1 aromatic rings. The Balaban J connectivity index is 1.98. The second-order valence-corrected chi connectivity index (χ2v) is 5.76. The molecule has 0 radical (unpaired) electrons. The maximum absolute atomic E-state index is 12.5. The molecule has 1 amide bonds. The molecule has 1 aromatic heterocycles. The van der Waals surface area contributed by atoms with Crippen molar-refractivity contribution >= 4 is 11.9 Å². The first kappa shape index (κ1) is 15.7. The highest BCUT2D eigenvalue weighted by Gasteiger charge is 2.34. The number of aliphatic hydroxyl groups excluding tert-OH is 1. The smallest absolute Gasteiger partial charge is 0.242 e. The molecule has 7 nitrogen and oxygen atoms in total. The lowest BCUT2D eigenvalue weighted by molar-refractivity contribution is -0.131. The van der Waals surface area contributed by atoms with Gasteiger partial charge in [0, 0.05) is 38.6 Å². The van der Waals surface area contributed by atoms with Gasteiger partial charge in [0.25, 0.3) is 0 Å². The average molecular weight is 293 g/mol. The average Bonchev–Trinajstić information content (AvgIpc) is 2.79. The van der Waals surface area contributed by atoms with Crippen LogP contribution in [0.3, 0.4) is 0 Å². The SMILES string of the molecule is CN(C)CC1CC(O)CN1C(=O)CN(C)c1ncccn1. The maximum atomic E-state index is 12.5. The second-order valence-electron chi connectivity index (χ2n) is 5.76. The van der Waals surface area contributed by atoms with Gasteiger partial charge in [-0.25, -0.2) is 9.97 Å². The summed E-state index contributed by atoms with van der Waals surface area (Å²) in [6.07, 6.45) is 3.50. The lowest BCUT2D eigenvalue weighted by Gasteiger charge is -2.28. The quantitative estimate of drug-likeness (QED) is 0.784. The van der Waals surface area contributed by atoms with Gasteiger partial charge in [0.05, 0.1) is 12.6 Å². The molecule has 7 heteroatoms. The molecule has 0 aromatic carbocycles. The van der Waals surface area contributed by atoms with E-state index in [9.17, 15) is 9.90 Å². The highest BCUT2D eigenvalue weighted by atomic mass is 16.3. The van der Waals surface area contributed by atoms with Crippen molar-refractivity contribution in [2.45, 2.75) is 18.6 Å². The number of nitrogens with zero attached hydrogens (tertiary/aromatic N) is 5. The van der Waals surface area contributed by atoms with Gasteiger partial charge in [-0.05, 0) is 26.6 Å². The monoisotopic (exact) mass is 293 g/mol. The fourth-order valence-corrected chi connectivity index (χ4v) is 2.64. The summed E-state index contributed by atoms with van der Waals surface area (Å²) in [5, 5.41) is 9.83. The van der Waals surface area contributed by atoms with E-state index >= 15 is 0 Å². The number of aromatic nitrogens is 2. The molecule has 21 heavy (non-hydrogen) atoms. The van der Waals surface area contributed by atoms with Crippen LogP contribution in [0.15, 0.2) is 18.5 Å². The van der Waals surface area contributed by atoms with Crippen LogP contribution in [0.1, 0.15) is 6.42 Å². The standard InChI is InChI=1S/C14H23N5O2/c1-17(2)8-11-7-12(20)9-19(11)13(21)10-18(3)14-15-5-4-6-16-14/h4-6,11-12,20H,7-10H2,1-3H3. The molecule has 1 aliphatic heterocycles. The minimum atomic E-state index is -0.433. The van der Waals surface area contributed by atoms with E-state index in [1.807, 2.05) is 19.0 Å². The molecule has 2 rings (SSSR count). The molecular formula is C14H23N5O2. The Labute approximate surface area is 125 Å². The van der Waals surface area contributed by atoms with Crippen LogP contribution in [0.2, 0.25) is 0 Å². The van der Waals surface area contributed by atoms with Crippen LogP contribution in [-0.2, 0) is 4.79 Å². The lowest BCUT2D eigenvalue weighted by atomic mass is 10.2. The third-order valence-electron chi connectivity index (χ3n) is 3.55. The summed E-state index contributed by atoms with van der Waals surface area (Å²) >= 11 is 0. The van der Waals surface area contributed by atoms with Crippen LogP contribution in [0.4, 0.5) is 5.95 Å². The number of likely N-dealkylation sites (tertiary alicyclic amines) is 1. The van der Waals surface area contributed by atoms with Crippen molar-refractivity contribution in [1.82, 2.24) is 19.8 Å². The van der Waals surface area contributed by atoms with E-state index in [2.05, 4.69) is 9.97 Å². The minimum absolute atomic E-state index is 0.00615. The fraction of sp³-hybridized carbons (Fsp3) is 0.643. The molecular weight excluding hydrogens is 270 g/mol. The molecule has 0 bridgehead atoms. The van der Waals surface area contributed by atoms with Crippen molar-refractivity contribution in [3.05, 3.63) is 18.5 Å². The molecule has 116 valence electrons. The first-order chi connectivity index (χ1) is 9.97. The third kappa shape index (κ3) is 4.12. The maximum Gasteiger partial charge on any atom is 0.242 e. The topological polar surface area (TPSA) is 72.8 Å². The minimum Gasteiger partial charge on any atom is -0.391 e. The molecule has 0 saturated carbocycles.